The van der Waals surface area contributed by atoms with Crippen LogP contribution in [0.5, 0.6) is 11.5 Å². The van der Waals surface area contributed by atoms with Crippen LogP contribution in [0.2, 0.25) is 10.0 Å². The summed E-state index contributed by atoms with van der Waals surface area (Å²) in [6, 6.07) is 9.02. The number of phenols is 1. The summed E-state index contributed by atoms with van der Waals surface area (Å²) in [5, 5.41) is 16.3. The van der Waals surface area contributed by atoms with Gasteiger partial charge in [-0.05, 0) is 42.0 Å². The maximum absolute atomic E-state index is 12.0. The van der Waals surface area contributed by atoms with Gasteiger partial charge in [-0.2, -0.15) is 5.10 Å². The topological polar surface area (TPSA) is 100 Å². The zero-order chi connectivity index (χ0) is 19.1. The van der Waals surface area contributed by atoms with Crippen LogP contribution in [0.3, 0.4) is 0 Å². The van der Waals surface area contributed by atoms with E-state index in [2.05, 4.69) is 15.8 Å². The molecule has 0 saturated carbocycles. The molecule has 0 saturated heterocycles. The van der Waals surface area contributed by atoms with Gasteiger partial charge in [-0.15, -0.1) is 0 Å². The molecule has 0 heterocycles. The van der Waals surface area contributed by atoms with Gasteiger partial charge in [0.15, 0.2) is 11.5 Å². The molecular weight excluding hydrogens is 381 g/mol. The van der Waals surface area contributed by atoms with Crippen molar-refractivity contribution in [2.75, 3.05) is 13.7 Å². The second-order valence-corrected chi connectivity index (χ2v) is 5.87. The lowest BCUT2D eigenvalue weighted by atomic mass is 10.2. The summed E-state index contributed by atoms with van der Waals surface area (Å²) in [6.07, 6.45) is 1.37. The zero-order valence-corrected chi connectivity index (χ0v) is 15.1. The van der Waals surface area contributed by atoms with Crippen molar-refractivity contribution in [3.63, 3.8) is 0 Å². The van der Waals surface area contributed by atoms with Gasteiger partial charge in [0.1, 0.15) is 0 Å². The van der Waals surface area contributed by atoms with Gasteiger partial charge >= 0.3 is 0 Å². The van der Waals surface area contributed by atoms with E-state index in [0.717, 1.165) is 0 Å². The van der Waals surface area contributed by atoms with Crippen molar-refractivity contribution >= 4 is 41.2 Å². The van der Waals surface area contributed by atoms with Gasteiger partial charge in [-0.3, -0.25) is 9.59 Å². The SMILES string of the molecule is COc1cc(/C=N/NC(=O)CNC(=O)c2ccc(Cl)cc2Cl)ccc1O. The number of halogens is 2. The molecule has 3 N–H and O–H groups in total. The minimum atomic E-state index is -0.523. The van der Waals surface area contributed by atoms with Gasteiger partial charge in [0.05, 0.1) is 30.5 Å². The van der Waals surface area contributed by atoms with Crippen molar-refractivity contribution in [2.24, 2.45) is 5.10 Å². The summed E-state index contributed by atoms with van der Waals surface area (Å²) in [7, 11) is 1.42. The number of rotatable bonds is 6. The molecule has 0 atom stereocenters. The Bertz CT molecular complexity index is 856. The van der Waals surface area contributed by atoms with Crippen molar-refractivity contribution in [1.29, 1.82) is 0 Å². The zero-order valence-electron chi connectivity index (χ0n) is 13.6. The van der Waals surface area contributed by atoms with Gasteiger partial charge in [-0.25, -0.2) is 5.43 Å². The first-order valence-corrected chi connectivity index (χ1v) is 8.08. The number of hydrogen-bond donors (Lipinski definition) is 3. The number of benzene rings is 2. The van der Waals surface area contributed by atoms with Crippen molar-refractivity contribution < 1.29 is 19.4 Å². The number of carbonyl (C=O) groups is 2. The summed E-state index contributed by atoms with van der Waals surface area (Å²) in [5.41, 5.74) is 3.09. The average molecular weight is 396 g/mol. The fourth-order valence-electron chi connectivity index (χ4n) is 1.92. The molecule has 0 radical (unpaired) electrons. The van der Waals surface area contributed by atoms with E-state index in [-0.39, 0.29) is 28.6 Å². The molecule has 26 heavy (non-hydrogen) atoms. The smallest absolute Gasteiger partial charge is 0.259 e. The molecule has 0 bridgehead atoms. The van der Waals surface area contributed by atoms with Crippen LogP contribution in [0.4, 0.5) is 0 Å². The largest absolute Gasteiger partial charge is 0.504 e. The number of amides is 2. The lowest BCUT2D eigenvalue weighted by Crippen LogP contribution is -2.35. The number of methoxy groups -OCH3 is 1. The Hall–Kier alpha value is -2.77. The Labute approximate surface area is 159 Å². The number of nitrogens with one attached hydrogen (secondary N) is 2. The third-order valence-electron chi connectivity index (χ3n) is 3.19. The van der Waals surface area contributed by atoms with Crippen LogP contribution in [0, 0.1) is 0 Å². The number of carbonyl (C=O) groups excluding carboxylic acids is 2. The van der Waals surface area contributed by atoms with E-state index in [9.17, 15) is 14.7 Å². The molecule has 0 aromatic heterocycles. The molecule has 0 unspecified atom stereocenters. The molecule has 0 fully saturated rings. The van der Waals surface area contributed by atoms with Crippen molar-refractivity contribution in [3.8, 4) is 11.5 Å². The van der Waals surface area contributed by atoms with E-state index in [4.69, 9.17) is 27.9 Å². The van der Waals surface area contributed by atoms with Crippen LogP contribution in [-0.2, 0) is 4.79 Å². The summed E-state index contributed by atoms with van der Waals surface area (Å²) in [5.74, 6) is -0.746. The Morgan fingerprint density at radius 2 is 2.00 bits per heavy atom. The van der Waals surface area contributed by atoms with Crippen LogP contribution >= 0.6 is 23.2 Å². The first-order chi connectivity index (χ1) is 12.4. The number of nitrogens with zero attached hydrogens (tertiary/aromatic N) is 1. The quantitative estimate of drug-likeness (QED) is 0.516. The molecule has 2 aromatic carbocycles. The number of hydrogen-bond acceptors (Lipinski definition) is 5. The first-order valence-electron chi connectivity index (χ1n) is 7.33. The van der Waals surface area contributed by atoms with Crippen LogP contribution in [0.15, 0.2) is 41.5 Å². The fourth-order valence-corrected chi connectivity index (χ4v) is 2.42. The summed E-state index contributed by atoms with van der Waals surface area (Å²) >= 11 is 11.7. The normalized spacial score (nSPS) is 10.6. The number of hydrazone groups is 1. The van der Waals surface area contributed by atoms with Crippen LogP contribution in [0.1, 0.15) is 15.9 Å². The van der Waals surface area contributed by atoms with Crippen LogP contribution in [0.25, 0.3) is 0 Å². The standard InChI is InChI=1S/C17H15Cl2N3O4/c1-26-15-6-10(2-5-14(15)23)8-21-22-16(24)9-20-17(25)12-4-3-11(18)7-13(12)19/h2-8,23H,9H2,1H3,(H,20,25)(H,22,24)/b21-8+. The van der Waals surface area contributed by atoms with Crippen molar-refractivity contribution in [3.05, 3.63) is 57.6 Å². The highest BCUT2D eigenvalue weighted by atomic mass is 35.5. The van der Waals surface area contributed by atoms with E-state index in [0.29, 0.717) is 10.6 Å². The Morgan fingerprint density at radius 1 is 1.23 bits per heavy atom. The maximum Gasteiger partial charge on any atom is 0.259 e. The van der Waals surface area contributed by atoms with E-state index < -0.39 is 11.8 Å². The number of ether oxygens (including phenoxy) is 1. The predicted octanol–water partition coefficient (Wildman–Crippen LogP) is 2.59. The molecule has 9 heteroatoms. The minimum Gasteiger partial charge on any atom is -0.504 e. The van der Waals surface area contributed by atoms with Crippen molar-refractivity contribution in [2.45, 2.75) is 0 Å². The lowest BCUT2D eigenvalue weighted by Gasteiger charge is -2.06. The Morgan fingerprint density at radius 3 is 2.69 bits per heavy atom. The van der Waals surface area contributed by atoms with Gasteiger partial charge < -0.3 is 15.2 Å². The average Bonchev–Trinajstić information content (AvgIpc) is 2.61. The minimum absolute atomic E-state index is 0.00254. The van der Waals surface area contributed by atoms with Crippen LogP contribution in [-0.4, -0.2) is 36.8 Å². The second kappa shape index (κ2) is 9.07. The Kier molecular flexibility index (Phi) is 6.82. The van der Waals surface area contributed by atoms with Gasteiger partial charge in [0.25, 0.3) is 11.8 Å². The van der Waals surface area contributed by atoms with E-state index in [1.807, 2.05) is 0 Å². The third-order valence-corrected chi connectivity index (χ3v) is 3.74. The molecule has 2 rings (SSSR count). The number of aromatic hydroxyl groups is 1. The van der Waals surface area contributed by atoms with Crippen LogP contribution < -0.4 is 15.5 Å². The first kappa shape index (κ1) is 19.6. The third kappa shape index (κ3) is 5.37. The van der Waals surface area contributed by atoms with E-state index in [1.54, 1.807) is 12.1 Å². The lowest BCUT2D eigenvalue weighted by molar-refractivity contribution is -0.120. The summed E-state index contributed by atoms with van der Waals surface area (Å²) in [4.78, 5) is 23.7. The Balaban J connectivity index is 1.86. The predicted molar refractivity (Wildman–Crippen MR) is 99.2 cm³/mol. The highest BCUT2D eigenvalue weighted by molar-refractivity contribution is 6.36. The molecule has 2 amide bonds. The second-order valence-electron chi connectivity index (χ2n) is 5.03. The molecule has 136 valence electrons. The van der Waals surface area contributed by atoms with Crippen molar-refractivity contribution in [1.82, 2.24) is 10.7 Å². The highest BCUT2D eigenvalue weighted by Crippen LogP contribution is 2.25. The van der Waals surface area contributed by atoms with E-state index in [1.165, 1.54) is 37.6 Å². The van der Waals surface area contributed by atoms with Gasteiger partial charge in [0.2, 0.25) is 0 Å². The maximum atomic E-state index is 12.0. The van der Waals surface area contributed by atoms with Gasteiger partial charge in [-0.1, -0.05) is 23.2 Å². The molecule has 0 spiro atoms. The number of phenolic OH excluding ortho intramolecular Hbond substituents is 1. The van der Waals surface area contributed by atoms with Gasteiger partial charge in [0, 0.05) is 5.02 Å². The van der Waals surface area contributed by atoms with E-state index >= 15 is 0 Å². The summed E-state index contributed by atoms with van der Waals surface area (Å²) in [6.45, 7) is -0.284. The monoisotopic (exact) mass is 395 g/mol. The fraction of sp³-hybridized carbons (Fsp3) is 0.118. The molecule has 0 aliphatic heterocycles. The molecule has 0 aliphatic carbocycles. The molecular formula is C17H15Cl2N3O4. The summed E-state index contributed by atoms with van der Waals surface area (Å²) < 4.78 is 4.97. The molecule has 7 nitrogen and oxygen atoms in total. The molecule has 2 aromatic rings. The highest BCUT2D eigenvalue weighted by Gasteiger charge is 2.11. The molecule has 0 aliphatic rings.